The van der Waals surface area contributed by atoms with E-state index in [1.54, 1.807) is 17.5 Å². The molecule has 2 rings (SSSR count). The Morgan fingerprint density at radius 2 is 2.39 bits per heavy atom. The Hall–Kier alpha value is -1.10. The number of carbonyl (C=O) groups excluding carboxylic acids is 1. The number of hydrogen-bond acceptors (Lipinski definition) is 3. The largest absolute Gasteiger partial charge is 0.338 e. The van der Waals surface area contributed by atoms with Crippen LogP contribution in [-0.4, -0.2) is 17.6 Å². The lowest BCUT2D eigenvalue weighted by atomic mass is 9.67. The highest BCUT2D eigenvalue weighted by Gasteiger charge is 2.35. The molecule has 1 aliphatic carbocycles. The molecule has 1 atom stereocenters. The quantitative estimate of drug-likeness (QED) is 0.861. The molecule has 0 bridgehead atoms. The predicted molar refractivity (Wildman–Crippen MR) is 73.6 cm³/mol. The van der Waals surface area contributed by atoms with Crippen molar-refractivity contribution in [2.24, 2.45) is 5.41 Å². The molecule has 5 heteroatoms. The molecule has 1 fully saturated rings. The molecule has 4 nitrogen and oxygen atoms in total. The van der Waals surface area contributed by atoms with E-state index in [2.05, 4.69) is 22.5 Å². The van der Waals surface area contributed by atoms with Crippen molar-refractivity contribution in [3.05, 3.63) is 16.6 Å². The van der Waals surface area contributed by atoms with E-state index in [0.717, 1.165) is 18.0 Å². The third-order valence-electron chi connectivity index (χ3n) is 3.96. The monoisotopic (exact) mass is 267 g/mol. The van der Waals surface area contributed by atoms with Crippen molar-refractivity contribution in [2.45, 2.75) is 45.6 Å². The lowest BCUT2D eigenvalue weighted by molar-refractivity contribution is 0.126. The summed E-state index contributed by atoms with van der Waals surface area (Å²) in [5.74, 6) is 0. The van der Waals surface area contributed by atoms with E-state index in [1.165, 1.54) is 19.3 Å². The zero-order chi connectivity index (χ0) is 13.0. The van der Waals surface area contributed by atoms with Gasteiger partial charge in [0.1, 0.15) is 5.01 Å². The fourth-order valence-corrected chi connectivity index (χ4v) is 3.00. The van der Waals surface area contributed by atoms with Gasteiger partial charge in [0, 0.05) is 18.1 Å². The standard InChI is InChI=1S/C13H21N3OS/c1-3-13(5-4-6-13)9-15-12(17)16-10(2)11-14-7-8-18-11/h7-8,10H,3-6,9H2,1-2H3,(H2,15,16,17)/t10-/m0/s1. The molecular formula is C13H21N3OS. The second-order valence-electron chi connectivity index (χ2n) is 5.13. The highest BCUT2D eigenvalue weighted by molar-refractivity contribution is 7.09. The van der Waals surface area contributed by atoms with E-state index >= 15 is 0 Å². The third-order valence-corrected chi connectivity index (χ3v) is 4.92. The fourth-order valence-electron chi connectivity index (χ4n) is 2.36. The molecule has 1 aromatic heterocycles. The van der Waals surface area contributed by atoms with Crippen LogP contribution in [-0.2, 0) is 0 Å². The number of rotatable bonds is 5. The molecule has 1 heterocycles. The number of thiazole rings is 1. The molecule has 1 saturated carbocycles. The first-order valence-electron chi connectivity index (χ1n) is 6.59. The summed E-state index contributed by atoms with van der Waals surface area (Å²) in [6.45, 7) is 4.95. The summed E-state index contributed by atoms with van der Waals surface area (Å²) in [6, 6.07) is -0.110. The summed E-state index contributed by atoms with van der Waals surface area (Å²) in [7, 11) is 0. The molecule has 0 unspecified atom stereocenters. The Morgan fingerprint density at radius 3 is 2.89 bits per heavy atom. The lowest BCUT2D eigenvalue weighted by Gasteiger charge is -2.41. The zero-order valence-corrected chi connectivity index (χ0v) is 11.8. The topological polar surface area (TPSA) is 54.0 Å². The summed E-state index contributed by atoms with van der Waals surface area (Å²) in [4.78, 5) is 16.0. The predicted octanol–water partition coefficient (Wildman–Crippen LogP) is 3.08. The van der Waals surface area contributed by atoms with Gasteiger partial charge in [-0.3, -0.25) is 0 Å². The van der Waals surface area contributed by atoms with Gasteiger partial charge in [-0.15, -0.1) is 11.3 Å². The number of carbonyl (C=O) groups is 1. The van der Waals surface area contributed by atoms with Crippen molar-refractivity contribution in [3.8, 4) is 0 Å². The van der Waals surface area contributed by atoms with Crippen LogP contribution in [0.15, 0.2) is 11.6 Å². The minimum Gasteiger partial charge on any atom is -0.338 e. The minimum absolute atomic E-state index is 0.0241. The highest BCUT2D eigenvalue weighted by atomic mass is 32.1. The van der Waals surface area contributed by atoms with Gasteiger partial charge in [0.15, 0.2) is 0 Å². The van der Waals surface area contributed by atoms with Crippen molar-refractivity contribution >= 4 is 17.4 Å². The van der Waals surface area contributed by atoms with Crippen LogP contribution in [0.5, 0.6) is 0 Å². The first kappa shape index (κ1) is 13.3. The van der Waals surface area contributed by atoms with E-state index in [4.69, 9.17) is 0 Å². The Bertz CT molecular complexity index is 381. The number of nitrogens with one attached hydrogen (secondary N) is 2. The molecular weight excluding hydrogens is 246 g/mol. The summed E-state index contributed by atoms with van der Waals surface area (Å²) in [6.07, 6.45) is 6.69. The average Bonchev–Trinajstić information content (AvgIpc) is 2.81. The van der Waals surface area contributed by atoms with Crippen molar-refractivity contribution in [1.29, 1.82) is 0 Å². The molecule has 2 amide bonds. The summed E-state index contributed by atoms with van der Waals surface area (Å²) in [5, 5.41) is 8.79. The van der Waals surface area contributed by atoms with Crippen LogP contribution in [0.1, 0.15) is 50.6 Å². The van der Waals surface area contributed by atoms with Crippen LogP contribution in [0.3, 0.4) is 0 Å². The van der Waals surface area contributed by atoms with Gasteiger partial charge in [-0.2, -0.15) is 0 Å². The summed E-state index contributed by atoms with van der Waals surface area (Å²) >= 11 is 1.56. The molecule has 0 aliphatic heterocycles. The SMILES string of the molecule is CCC1(CNC(=O)N[C@@H](C)c2nccs2)CCC1. The average molecular weight is 267 g/mol. The molecule has 18 heavy (non-hydrogen) atoms. The van der Waals surface area contributed by atoms with E-state index in [1.807, 2.05) is 12.3 Å². The van der Waals surface area contributed by atoms with E-state index in [-0.39, 0.29) is 12.1 Å². The van der Waals surface area contributed by atoms with Crippen molar-refractivity contribution in [1.82, 2.24) is 15.6 Å². The normalized spacial score (nSPS) is 18.8. The van der Waals surface area contributed by atoms with Gasteiger partial charge in [-0.25, -0.2) is 9.78 Å². The van der Waals surface area contributed by atoms with Gasteiger partial charge in [-0.1, -0.05) is 13.3 Å². The van der Waals surface area contributed by atoms with Crippen LogP contribution in [0, 0.1) is 5.41 Å². The van der Waals surface area contributed by atoms with Crippen LogP contribution in [0.25, 0.3) is 0 Å². The van der Waals surface area contributed by atoms with Crippen molar-refractivity contribution < 1.29 is 4.79 Å². The third kappa shape index (κ3) is 3.02. The Morgan fingerprint density at radius 1 is 1.61 bits per heavy atom. The highest BCUT2D eigenvalue weighted by Crippen LogP contribution is 2.42. The summed E-state index contributed by atoms with van der Waals surface area (Å²) in [5.41, 5.74) is 0.363. The maximum atomic E-state index is 11.8. The molecule has 1 aromatic rings. The number of hydrogen-bond donors (Lipinski definition) is 2. The molecule has 0 aromatic carbocycles. The molecule has 0 saturated heterocycles. The van der Waals surface area contributed by atoms with E-state index in [0.29, 0.717) is 5.41 Å². The second-order valence-corrected chi connectivity index (χ2v) is 6.05. The molecule has 0 radical (unpaired) electrons. The minimum atomic E-state index is -0.0857. The molecule has 1 aliphatic rings. The number of nitrogens with zero attached hydrogens (tertiary/aromatic N) is 1. The maximum absolute atomic E-state index is 11.8. The van der Waals surface area contributed by atoms with Gasteiger partial charge in [0.25, 0.3) is 0 Å². The first-order chi connectivity index (χ1) is 8.65. The van der Waals surface area contributed by atoms with Crippen LogP contribution < -0.4 is 10.6 Å². The second kappa shape index (κ2) is 5.69. The fraction of sp³-hybridized carbons (Fsp3) is 0.692. The Labute approximate surface area is 112 Å². The Balaban J connectivity index is 1.75. The number of aromatic nitrogens is 1. The van der Waals surface area contributed by atoms with E-state index < -0.39 is 0 Å². The van der Waals surface area contributed by atoms with Crippen molar-refractivity contribution in [2.75, 3.05) is 6.54 Å². The molecule has 2 N–H and O–H groups in total. The number of amides is 2. The lowest BCUT2D eigenvalue weighted by Crippen LogP contribution is -2.45. The van der Waals surface area contributed by atoms with Crippen LogP contribution in [0.2, 0.25) is 0 Å². The first-order valence-corrected chi connectivity index (χ1v) is 7.47. The van der Waals surface area contributed by atoms with Gasteiger partial charge in [0.05, 0.1) is 6.04 Å². The maximum Gasteiger partial charge on any atom is 0.315 e. The van der Waals surface area contributed by atoms with Gasteiger partial charge >= 0.3 is 6.03 Å². The molecule has 100 valence electrons. The van der Waals surface area contributed by atoms with Crippen LogP contribution in [0.4, 0.5) is 4.79 Å². The van der Waals surface area contributed by atoms with Crippen molar-refractivity contribution in [3.63, 3.8) is 0 Å². The molecule has 0 spiro atoms. The van der Waals surface area contributed by atoms with Gasteiger partial charge < -0.3 is 10.6 Å². The zero-order valence-electron chi connectivity index (χ0n) is 11.0. The van der Waals surface area contributed by atoms with Gasteiger partial charge in [0.2, 0.25) is 0 Å². The van der Waals surface area contributed by atoms with E-state index in [9.17, 15) is 4.79 Å². The van der Waals surface area contributed by atoms with Crippen LogP contribution >= 0.6 is 11.3 Å². The number of urea groups is 1. The summed E-state index contributed by atoms with van der Waals surface area (Å²) < 4.78 is 0. The Kier molecular flexibility index (Phi) is 4.22. The van der Waals surface area contributed by atoms with Gasteiger partial charge in [-0.05, 0) is 31.6 Å². The smallest absolute Gasteiger partial charge is 0.315 e.